The number of amides is 1. The minimum absolute atomic E-state index is 0. The molecular formula is C23H29FIN5O. The van der Waals surface area contributed by atoms with E-state index in [1.54, 1.807) is 13.1 Å². The van der Waals surface area contributed by atoms with E-state index in [2.05, 4.69) is 32.2 Å². The first kappa shape index (κ1) is 23.3. The topological polar surface area (TPSA) is 51.2 Å². The summed E-state index contributed by atoms with van der Waals surface area (Å²) in [5.74, 6) is 0.603. The van der Waals surface area contributed by atoms with Gasteiger partial charge in [0.05, 0.1) is 12.2 Å². The fourth-order valence-corrected chi connectivity index (χ4v) is 4.17. The zero-order valence-electron chi connectivity index (χ0n) is 17.8. The average molecular weight is 537 g/mol. The van der Waals surface area contributed by atoms with E-state index < -0.39 is 0 Å². The van der Waals surface area contributed by atoms with Crippen molar-refractivity contribution >= 4 is 41.5 Å². The highest BCUT2D eigenvalue weighted by molar-refractivity contribution is 14.0. The van der Waals surface area contributed by atoms with Gasteiger partial charge in [-0.15, -0.1) is 24.0 Å². The number of hydrogen-bond acceptors (Lipinski definition) is 3. The van der Waals surface area contributed by atoms with Gasteiger partial charge in [0.1, 0.15) is 5.82 Å². The molecule has 2 aliphatic rings. The number of para-hydroxylation sites is 1. The smallest absolute Gasteiger partial charge is 0.242 e. The summed E-state index contributed by atoms with van der Waals surface area (Å²) < 4.78 is 14.0. The first-order valence-electron chi connectivity index (χ1n) is 10.5. The van der Waals surface area contributed by atoms with Crippen molar-refractivity contribution in [2.75, 3.05) is 51.2 Å². The summed E-state index contributed by atoms with van der Waals surface area (Å²) in [4.78, 5) is 23.1. The van der Waals surface area contributed by atoms with Crippen LogP contribution in [0.4, 0.5) is 10.1 Å². The Morgan fingerprint density at radius 2 is 1.65 bits per heavy atom. The summed E-state index contributed by atoms with van der Waals surface area (Å²) in [5, 5.41) is 3.22. The van der Waals surface area contributed by atoms with Gasteiger partial charge in [0.15, 0.2) is 5.96 Å². The second-order valence-electron chi connectivity index (χ2n) is 7.66. The summed E-state index contributed by atoms with van der Waals surface area (Å²) in [5.41, 5.74) is 3.20. The zero-order valence-corrected chi connectivity index (χ0v) is 20.1. The Kier molecular flexibility index (Phi) is 8.11. The standard InChI is InChI=1S/C23H28FN5O.HI/c1-25-23(28-14-12-27(13-15-28)21-9-5-4-8-20(21)24)26-16-22(30)29-11-10-18-6-2-3-7-19(18)17-29;/h2-9H,10-17H2,1H3,(H,25,26);1H. The maximum Gasteiger partial charge on any atom is 0.242 e. The number of aliphatic imine (C=N–C) groups is 1. The molecule has 0 bridgehead atoms. The molecule has 0 atom stereocenters. The summed E-state index contributed by atoms with van der Waals surface area (Å²) >= 11 is 0. The largest absolute Gasteiger partial charge is 0.366 e. The predicted molar refractivity (Wildman–Crippen MR) is 133 cm³/mol. The van der Waals surface area contributed by atoms with Crippen LogP contribution in [0, 0.1) is 5.82 Å². The fourth-order valence-electron chi connectivity index (χ4n) is 4.17. The van der Waals surface area contributed by atoms with E-state index in [0.29, 0.717) is 31.3 Å². The number of hydrogen-bond donors (Lipinski definition) is 1. The van der Waals surface area contributed by atoms with Crippen LogP contribution in [0.2, 0.25) is 0 Å². The minimum atomic E-state index is -0.192. The van der Waals surface area contributed by atoms with Gasteiger partial charge in [0, 0.05) is 46.3 Å². The first-order chi connectivity index (χ1) is 14.7. The average Bonchev–Trinajstić information content (AvgIpc) is 2.80. The molecule has 1 N–H and O–H groups in total. The van der Waals surface area contributed by atoms with Gasteiger partial charge in [-0.05, 0) is 29.7 Å². The summed E-state index contributed by atoms with van der Waals surface area (Å²) in [6, 6.07) is 15.2. The number of piperazine rings is 1. The Morgan fingerprint density at radius 1 is 0.968 bits per heavy atom. The third kappa shape index (κ3) is 5.47. The Morgan fingerprint density at radius 3 is 2.35 bits per heavy atom. The van der Waals surface area contributed by atoms with E-state index in [-0.39, 0.29) is 42.2 Å². The Hall–Kier alpha value is -2.36. The molecule has 1 amide bonds. The number of carbonyl (C=O) groups is 1. The lowest BCUT2D eigenvalue weighted by molar-refractivity contribution is -0.130. The molecule has 166 valence electrons. The zero-order chi connectivity index (χ0) is 20.9. The van der Waals surface area contributed by atoms with Gasteiger partial charge in [-0.25, -0.2) is 4.39 Å². The van der Waals surface area contributed by atoms with Gasteiger partial charge < -0.3 is 20.0 Å². The minimum Gasteiger partial charge on any atom is -0.366 e. The molecule has 4 rings (SSSR count). The lowest BCUT2D eigenvalue weighted by Crippen LogP contribution is -2.54. The second-order valence-corrected chi connectivity index (χ2v) is 7.66. The monoisotopic (exact) mass is 537 g/mol. The van der Waals surface area contributed by atoms with E-state index in [9.17, 15) is 9.18 Å². The summed E-state index contributed by atoms with van der Waals surface area (Å²) in [6.07, 6.45) is 0.897. The number of rotatable bonds is 3. The van der Waals surface area contributed by atoms with Crippen molar-refractivity contribution in [2.45, 2.75) is 13.0 Å². The van der Waals surface area contributed by atoms with Crippen molar-refractivity contribution in [3.8, 4) is 0 Å². The molecule has 1 fully saturated rings. The Balaban J connectivity index is 0.00000272. The third-order valence-electron chi connectivity index (χ3n) is 5.87. The molecule has 2 aromatic carbocycles. The van der Waals surface area contributed by atoms with E-state index in [4.69, 9.17) is 0 Å². The third-order valence-corrected chi connectivity index (χ3v) is 5.87. The van der Waals surface area contributed by atoms with Crippen LogP contribution in [0.15, 0.2) is 53.5 Å². The van der Waals surface area contributed by atoms with Crippen LogP contribution in [-0.4, -0.2) is 68.0 Å². The van der Waals surface area contributed by atoms with Crippen molar-refractivity contribution in [3.63, 3.8) is 0 Å². The number of nitrogens with zero attached hydrogens (tertiary/aromatic N) is 4. The molecule has 2 aliphatic heterocycles. The van der Waals surface area contributed by atoms with Gasteiger partial charge in [-0.2, -0.15) is 0 Å². The predicted octanol–water partition coefficient (Wildman–Crippen LogP) is 2.73. The van der Waals surface area contributed by atoms with Crippen molar-refractivity contribution in [3.05, 3.63) is 65.5 Å². The normalized spacial score (nSPS) is 16.5. The van der Waals surface area contributed by atoms with Gasteiger partial charge in [-0.3, -0.25) is 9.79 Å². The highest BCUT2D eigenvalue weighted by atomic mass is 127. The molecule has 1 saturated heterocycles. The van der Waals surface area contributed by atoms with E-state index in [1.807, 2.05) is 29.2 Å². The molecule has 0 radical (unpaired) electrons. The number of guanidine groups is 1. The van der Waals surface area contributed by atoms with Gasteiger partial charge in [0.2, 0.25) is 5.91 Å². The summed E-state index contributed by atoms with van der Waals surface area (Å²) in [6.45, 7) is 4.49. The maximum absolute atomic E-state index is 14.0. The van der Waals surface area contributed by atoms with Crippen molar-refractivity contribution < 1.29 is 9.18 Å². The van der Waals surface area contributed by atoms with Crippen LogP contribution < -0.4 is 10.2 Å². The van der Waals surface area contributed by atoms with Crippen molar-refractivity contribution in [2.24, 2.45) is 4.99 Å². The quantitative estimate of drug-likeness (QED) is 0.372. The van der Waals surface area contributed by atoms with Crippen LogP contribution in [-0.2, 0) is 17.8 Å². The van der Waals surface area contributed by atoms with Crippen LogP contribution in [0.1, 0.15) is 11.1 Å². The molecule has 2 aromatic rings. The van der Waals surface area contributed by atoms with Crippen LogP contribution >= 0.6 is 24.0 Å². The number of anilines is 1. The second kappa shape index (κ2) is 10.8. The van der Waals surface area contributed by atoms with Crippen molar-refractivity contribution in [1.82, 2.24) is 15.1 Å². The molecule has 8 heteroatoms. The highest BCUT2D eigenvalue weighted by Gasteiger charge is 2.24. The lowest BCUT2D eigenvalue weighted by atomic mass is 10.00. The Labute approximate surface area is 200 Å². The van der Waals surface area contributed by atoms with Gasteiger partial charge in [-0.1, -0.05) is 36.4 Å². The van der Waals surface area contributed by atoms with Crippen LogP contribution in [0.3, 0.4) is 0 Å². The molecule has 31 heavy (non-hydrogen) atoms. The van der Waals surface area contributed by atoms with E-state index in [1.165, 1.54) is 17.2 Å². The fraction of sp³-hybridized carbons (Fsp3) is 0.391. The molecule has 0 aliphatic carbocycles. The molecule has 0 spiro atoms. The van der Waals surface area contributed by atoms with Crippen LogP contribution in [0.5, 0.6) is 0 Å². The number of carbonyl (C=O) groups excluding carboxylic acids is 1. The molecule has 0 aromatic heterocycles. The summed E-state index contributed by atoms with van der Waals surface area (Å²) in [7, 11) is 1.73. The molecular weight excluding hydrogens is 508 g/mol. The molecule has 6 nitrogen and oxygen atoms in total. The molecule has 0 saturated carbocycles. The number of halogens is 2. The van der Waals surface area contributed by atoms with Crippen LogP contribution in [0.25, 0.3) is 0 Å². The molecule has 2 heterocycles. The lowest BCUT2D eigenvalue weighted by Gasteiger charge is -2.38. The van der Waals surface area contributed by atoms with E-state index >= 15 is 0 Å². The van der Waals surface area contributed by atoms with Gasteiger partial charge in [0.25, 0.3) is 0 Å². The molecule has 0 unspecified atom stereocenters. The number of benzene rings is 2. The Bertz CT molecular complexity index is 930. The van der Waals surface area contributed by atoms with E-state index in [0.717, 1.165) is 26.1 Å². The first-order valence-corrected chi connectivity index (χ1v) is 10.5. The van der Waals surface area contributed by atoms with Crippen molar-refractivity contribution in [1.29, 1.82) is 0 Å². The number of nitrogens with one attached hydrogen (secondary N) is 1. The SMILES string of the molecule is CN=C(NCC(=O)N1CCc2ccccc2C1)N1CCN(c2ccccc2F)CC1.I. The maximum atomic E-state index is 14.0. The number of fused-ring (bicyclic) bond motifs is 1. The highest BCUT2D eigenvalue weighted by Crippen LogP contribution is 2.20. The van der Waals surface area contributed by atoms with Gasteiger partial charge >= 0.3 is 0 Å².